The molecule has 0 atom stereocenters. The Morgan fingerprint density at radius 3 is 2.95 bits per heavy atom. The molecule has 0 bridgehead atoms. The summed E-state index contributed by atoms with van der Waals surface area (Å²) in [7, 11) is 0. The van der Waals surface area contributed by atoms with Crippen LogP contribution in [0.5, 0.6) is 11.6 Å². The van der Waals surface area contributed by atoms with Crippen LogP contribution in [0.4, 0.5) is 0 Å². The van der Waals surface area contributed by atoms with E-state index in [1.165, 1.54) is 23.9 Å². The lowest BCUT2D eigenvalue weighted by Gasteiger charge is -2.08. The summed E-state index contributed by atoms with van der Waals surface area (Å²) in [6.07, 6.45) is 7.60. The van der Waals surface area contributed by atoms with Gasteiger partial charge in [-0.15, -0.1) is 11.3 Å². The zero-order valence-electron chi connectivity index (χ0n) is 11.3. The molecule has 0 aliphatic heterocycles. The smallest absolute Gasteiger partial charge is 0.258 e. The zero-order valence-corrected chi connectivity index (χ0v) is 12.2. The van der Waals surface area contributed by atoms with Crippen molar-refractivity contribution in [1.29, 1.82) is 0 Å². The van der Waals surface area contributed by atoms with Crippen LogP contribution in [0, 0.1) is 0 Å². The van der Waals surface area contributed by atoms with Crippen LogP contribution in [-0.4, -0.2) is 25.8 Å². The first-order valence-electron chi connectivity index (χ1n) is 6.37. The van der Waals surface area contributed by atoms with Crippen LogP contribution in [0.3, 0.4) is 0 Å². The number of thiazole rings is 1. The Balaban J connectivity index is 1.74. The number of aromatic nitrogens is 4. The number of hydrogen-bond acceptors (Lipinski definition) is 7. The topological polar surface area (TPSA) is 89.9 Å². The molecule has 110 valence electrons. The first kappa shape index (κ1) is 14.1. The normalized spacial score (nSPS) is 10.2. The molecule has 3 aromatic rings. The fraction of sp³-hybridized carbons (Fsp3) is 0.0714. The van der Waals surface area contributed by atoms with Gasteiger partial charge in [0.2, 0.25) is 5.88 Å². The summed E-state index contributed by atoms with van der Waals surface area (Å²) in [5.41, 5.74) is 0.253. The maximum atomic E-state index is 12.2. The van der Waals surface area contributed by atoms with Crippen molar-refractivity contribution in [1.82, 2.24) is 25.3 Å². The maximum Gasteiger partial charge on any atom is 0.258 e. The summed E-state index contributed by atoms with van der Waals surface area (Å²) in [6.45, 7) is 0.345. The molecule has 1 amide bonds. The van der Waals surface area contributed by atoms with Gasteiger partial charge in [0.1, 0.15) is 22.6 Å². The summed E-state index contributed by atoms with van der Waals surface area (Å²) in [4.78, 5) is 28.2. The van der Waals surface area contributed by atoms with E-state index in [9.17, 15) is 4.79 Å². The van der Waals surface area contributed by atoms with Crippen molar-refractivity contribution in [2.24, 2.45) is 0 Å². The van der Waals surface area contributed by atoms with Crippen LogP contribution < -0.4 is 10.1 Å². The zero-order chi connectivity index (χ0) is 15.2. The predicted molar refractivity (Wildman–Crippen MR) is 79.6 cm³/mol. The molecule has 0 spiro atoms. The summed E-state index contributed by atoms with van der Waals surface area (Å²) in [6, 6.07) is 3.46. The minimum absolute atomic E-state index is 0.180. The molecule has 0 unspecified atom stereocenters. The van der Waals surface area contributed by atoms with Gasteiger partial charge in [0.05, 0.1) is 12.7 Å². The standard InChI is InChI=1S/C14H11N5O2S/c20-13(18-8-12-17-4-5-22-12)11-7-16-9-19-14(11)21-10-2-1-3-15-6-10/h1-7,9H,8H2,(H,18,20). The fourth-order valence-electron chi connectivity index (χ4n) is 1.67. The number of carbonyl (C=O) groups is 1. The Labute approximate surface area is 130 Å². The van der Waals surface area contributed by atoms with E-state index in [0.717, 1.165) is 5.01 Å². The maximum absolute atomic E-state index is 12.2. The highest BCUT2D eigenvalue weighted by Gasteiger charge is 2.15. The van der Waals surface area contributed by atoms with Gasteiger partial charge in [-0.2, -0.15) is 0 Å². The number of ether oxygens (including phenoxy) is 1. The van der Waals surface area contributed by atoms with Gasteiger partial charge < -0.3 is 10.1 Å². The molecule has 0 aliphatic carbocycles. The SMILES string of the molecule is O=C(NCc1nccs1)c1cncnc1Oc1cccnc1. The van der Waals surface area contributed by atoms with Gasteiger partial charge in [-0.1, -0.05) is 0 Å². The third-order valence-corrected chi connectivity index (χ3v) is 3.43. The van der Waals surface area contributed by atoms with E-state index in [2.05, 4.69) is 25.3 Å². The Morgan fingerprint density at radius 2 is 2.18 bits per heavy atom. The lowest BCUT2D eigenvalue weighted by Crippen LogP contribution is -2.23. The molecule has 7 nitrogen and oxygen atoms in total. The minimum atomic E-state index is -0.324. The Kier molecular flexibility index (Phi) is 4.30. The van der Waals surface area contributed by atoms with E-state index in [1.54, 1.807) is 30.7 Å². The number of carbonyl (C=O) groups excluding carboxylic acids is 1. The minimum Gasteiger partial charge on any atom is -0.436 e. The highest BCUT2D eigenvalue weighted by molar-refractivity contribution is 7.09. The molecule has 0 aliphatic rings. The second-order valence-corrected chi connectivity index (χ2v) is 5.12. The molecule has 0 fully saturated rings. The first-order chi connectivity index (χ1) is 10.8. The molecule has 3 aromatic heterocycles. The molecule has 3 heterocycles. The third kappa shape index (κ3) is 3.41. The average molecular weight is 313 g/mol. The second-order valence-electron chi connectivity index (χ2n) is 4.14. The van der Waals surface area contributed by atoms with Crippen LogP contribution in [-0.2, 0) is 6.54 Å². The van der Waals surface area contributed by atoms with E-state index in [4.69, 9.17) is 4.74 Å². The van der Waals surface area contributed by atoms with Gasteiger partial charge >= 0.3 is 0 Å². The highest BCUT2D eigenvalue weighted by atomic mass is 32.1. The Bertz CT molecular complexity index is 749. The van der Waals surface area contributed by atoms with Crippen molar-refractivity contribution in [3.63, 3.8) is 0 Å². The molecule has 0 saturated heterocycles. The number of hydrogen-bond donors (Lipinski definition) is 1. The number of amides is 1. The van der Waals surface area contributed by atoms with Gasteiger partial charge in [0.15, 0.2) is 0 Å². The molecular weight excluding hydrogens is 302 g/mol. The van der Waals surface area contributed by atoms with E-state index in [-0.39, 0.29) is 17.4 Å². The summed E-state index contributed by atoms with van der Waals surface area (Å²) >= 11 is 1.47. The van der Waals surface area contributed by atoms with E-state index in [1.807, 2.05) is 5.38 Å². The highest BCUT2D eigenvalue weighted by Crippen LogP contribution is 2.21. The van der Waals surface area contributed by atoms with Gasteiger partial charge in [0.25, 0.3) is 5.91 Å². The quantitative estimate of drug-likeness (QED) is 0.775. The molecular formula is C14H11N5O2S. The molecule has 1 N–H and O–H groups in total. The number of nitrogens with zero attached hydrogens (tertiary/aromatic N) is 4. The molecule has 0 saturated carbocycles. The lowest BCUT2D eigenvalue weighted by molar-refractivity contribution is 0.0947. The molecule has 3 rings (SSSR count). The average Bonchev–Trinajstić information content (AvgIpc) is 3.08. The van der Waals surface area contributed by atoms with E-state index >= 15 is 0 Å². The Hall–Kier alpha value is -2.87. The van der Waals surface area contributed by atoms with Crippen LogP contribution in [0.1, 0.15) is 15.4 Å². The second kappa shape index (κ2) is 6.72. The van der Waals surface area contributed by atoms with Crippen LogP contribution in [0.15, 0.2) is 48.6 Å². The van der Waals surface area contributed by atoms with Crippen LogP contribution in [0.25, 0.3) is 0 Å². The number of nitrogens with one attached hydrogen (secondary N) is 1. The van der Waals surface area contributed by atoms with Crippen molar-refractivity contribution >= 4 is 17.2 Å². The monoisotopic (exact) mass is 313 g/mol. The lowest BCUT2D eigenvalue weighted by atomic mass is 10.3. The van der Waals surface area contributed by atoms with E-state index < -0.39 is 0 Å². The fourth-order valence-corrected chi connectivity index (χ4v) is 2.22. The molecule has 22 heavy (non-hydrogen) atoms. The van der Waals surface area contributed by atoms with Gasteiger partial charge in [-0.3, -0.25) is 9.78 Å². The summed E-state index contributed by atoms with van der Waals surface area (Å²) in [5, 5.41) is 5.43. The van der Waals surface area contributed by atoms with Crippen molar-refractivity contribution in [3.8, 4) is 11.6 Å². The summed E-state index contributed by atoms with van der Waals surface area (Å²) < 4.78 is 5.58. The van der Waals surface area contributed by atoms with Crippen molar-refractivity contribution in [3.05, 3.63) is 59.2 Å². The first-order valence-corrected chi connectivity index (χ1v) is 7.25. The van der Waals surface area contributed by atoms with Gasteiger partial charge in [-0.05, 0) is 12.1 Å². The number of pyridine rings is 1. The molecule has 0 radical (unpaired) electrons. The van der Waals surface area contributed by atoms with Crippen LogP contribution in [0.2, 0.25) is 0 Å². The van der Waals surface area contributed by atoms with Gasteiger partial charge in [0, 0.05) is 24.0 Å². The largest absolute Gasteiger partial charge is 0.436 e. The summed E-state index contributed by atoms with van der Waals surface area (Å²) in [5.74, 6) is 0.351. The van der Waals surface area contributed by atoms with Crippen LogP contribution >= 0.6 is 11.3 Å². The molecule has 8 heteroatoms. The van der Waals surface area contributed by atoms with Gasteiger partial charge in [-0.25, -0.2) is 15.0 Å². The Morgan fingerprint density at radius 1 is 1.23 bits per heavy atom. The predicted octanol–water partition coefficient (Wildman–Crippen LogP) is 2.05. The molecule has 0 aromatic carbocycles. The third-order valence-electron chi connectivity index (χ3n) is 2.65. The van der Waals surface area contributed by atoms with Crippen molar-refractivity contribution in [2.45, 2.75) is 6.54 Å². The van der Waals surface area contributed by atoms with Crippen molar-refractivity contribution < 1.29 is 9.53 Å². The van der Waals surface area contributed by atoms with E-state index in [0.29, 0.717) is 12.3 Å². The van der Waals surface area contributed by atoms with Crippen molar-refractivity contribution in [2.75, 3.05) is 0 Å². The number of rotatable bonds is 5.